The third kappa shape index (κ3) is 3.58. The number of amides is 1. The number of pyridine rings is 1. The highest BCUT2D eigenvalue weighted by Gasteiger charge is 2.18. The molecule has 0 atom stereocenters. The summed E-state index contributed by atoms with van der Waals surface area (Å²) in [7, 11) is 1.77. The summed E-state index contributed by atoms with van der Waals surface area (Å²) in [5.41, 5.74) is 7.60. The lowest BCUT2D eigenvalue weighted by molar-refractivity contribution is 0.0999. The van der Waals surface area contributed by atoms with E-state index < -0.39 is 5.91 Å². The minimum Gasteiger partial charge on any atom is -0.373 e. The molecule has 1 fully saturated rings. The molecular formula is C15H23N5O. The minimum absolute atomic E-state index is 0.362. The summed E-state index contributed by atoms with van der Waals surface area (Å²) in [6, 6.07) is 1.68. The number of hydrogen-bond donors (Lipinski definition) is 3. The van der Waals surface area contributed by atoms with Crippen LogP contribution in [0, 0.1) is 5.41 Å². The maximum Gasteiger partial charge on any atom is 0.250 e. The van der Waals surface area contributed by atoms with Crippen LogP contribution in [0.5, 0.6) is 0 Å². The Morgan fingerprint density at radius 2 is 2.10 bits per heavy atom. The summed E-state index contributed by atoms with van der Waals surface area (Å²) < 4.78 is 0. The Balaban J connectivity index is 2.28. The number of nitrogens with two attached hydrogens (primary N) is 1. The number of carbonyl (C=O) groups excluding carboxylic acids is 1. The average Bonchev–Trinajstić information content (AvgIpc) is 2.96. The Morgan fingerprint density at radius 1 is 1.43 bits per heavy atom. The topological polar surface area (TPSA) is 95.1 Å². The third-order valence-corrected chi connectivity index (χ3v) is 3.87. The van der Waals surface area contributed by atoms with Crippen molar-refractivity contribution in [2.45, 2.75) is 26.2 Å². The Kier molecular flexibility index (Phi) is 4.90. The molecule has 0 bridgehead atoms. The molecule has 1 amide bonds. The first-order valence-electron chi connectivity index (χ1n) is 7.32. The zero-order chi connectivity index (χ0) is 15.4. The van der Waals surface area contributed by atoms with Gasteiger partial charge in [0.25, 0.3) is 5.91 Å². The molecule has 2 rings (SSSR count). The summed E-state index contributed by atoms with van der Waals surface area (Å²) in [4.78, 5) is 18.6. The number of likely N-dealkylation sites (tertiary alicyclic amines) is 1. The molecule has 0 spiro atoms. The molecule has 6 heteroatoms. The fourth-order valence-electron chi connectivity index (χ4n) is 2.70. The largest absolute Gasteiger partial charge is 0.373 e. The molecule has 1 aliphatic rings. The van der Waals surface area contributed by atoms with Crippen molar-refractivity contribution < 1.29 is 4.79 Å². The number of nitrogens with zero attached hydrogens (tertiary/aromatic N) is 2. The van der Waals surface area contributed by atoms with Crippen LogP contribution < -0.4 is 11.1 Å². The summed E-state index contributed by atoms with van der Waals surface area (Å²) in [6.45, 7) is 4.79. The normalized spacial score (nSPS) is 15.1. The van der Waals surface area contributed by atoms with Crippen LogP contribution in [0.3, 0.4) is 0 Å². The zero-order valence-corrected chi connectivity index (χ0v) is 12.7. The number of hydrogen-bond acceptors (Lipinski definition) is 5. The minimum atomic E-state index is -0.482. The summed E-state index contributed by atoms with van der Waals surface area (Å²) in [5.74, 6) is 0.146. The molecule has 0 radical (unpaired) electrons. The Labute approximate surface area is 125 Å². The van der Waals surface area contributed by atoms with Gasteiger partial charge in [0.1, 0.15) is 5.82 Å². The molecule has 1 aromatic rings. The molecule has 0 saturated carbocycles. The predicted molar refractivity (Wildman–Crippen MR) is 84.2 cm³/mol. The van der Waals surface area contributed by atoms with Crippen molar-refractivity contribution in [3.63, 3.8) is 0 Å². The molecular weight excluding hydrogens is 266 g/mol. The Morgan fingerprint density at radius 3 is 2.62 bits per heavy atom. The Bertz CT molecular complexity index is 549. The van der Waals surface area contributed by atoms with Crippen LogP contribution in [0.4, 0.5) is 5.82 Å². The van der Waals surface area contributed by atoms with Crippen molar-refractivity contribution in [3.8, 4) is 0 Å². The molecule has 4 N–H and O–H groups in total. The van der Waals surface area contributed by atoms with Crippen molar-refractivity contribution in [2.24, 2.45) is 5.73 Å². The van der Waals surface area contributed by atoms with Crippen LogP contribution in [0.2, 0.25) is 0 Å². The van der Waals surface area contributed by atoms with E-state index in [2.05, 4.69) is 15.2 Å². The molecule has 1 aromatic heterocycles. The first kappa shape index (κ1) is 15.4. The monoisotopic (exact) mass is 289 g/mol. The van der Waals surface area contributed by atoms with Crippen LogP contribution in [0.25, 0.3) is 0 Å². The van der Waals surface area contributed by atoms with E-state index in [1.54, 1.807) is 20.0 Å². The molecule has 6 nitrogen and oxygen atoms in total. The lowest BCUT2D eigenvalue weighted by atomic mass is 10.0. The number of anilines is 1. The van der Waals surface area contributed by atoms with Crippen LogP contribution in [-0.4, -0.2) is 48.2 Å². The first-order valence-corrected chi connectivity index (χ1v) is 7.32. The quantitative estimate of drug-likeness (QED) is 0.687. The van der Waals surface area contributed by atoms with E-state index in [9.17, 15) is 4.79 Å². The lowest BCUT2D eigenvalue weighted by Crippen LogP contribution is -2.24. The van der Waals surface area contributed by atoms with E-state index in [1.807, 2.05) is 0 Å². The zero-order valence-electron chi connectivity index (χ0n) is 12.7. The van der Waals surface area contributed by atoms with Gasteiger partial charge in [-0.05, 0) is 38.9 Å². The number of primary amides is 1. The third-order valence-electron chi connectivity index (χ3n) is 3.87. The number of carbonyl (C=O) groups is 1. The van der Waals surface area contributed by atoms with E-state index in [-0.39, 0.29) is 0 Å². The van der Waals surface area contributed by atoms with Gasteiger partial charge in [0, 0.05) is 31.3 Å². The smallest absolute Gasteiger partial charge is 0.250 e. The molecule has 2 heterocycles. The second-order valence-electron chi connectivity index (χ2n) is 5.42. The first-order chi connectivity index (χ1) is 10.0. The van der Waals surface area contributed by atoms with Crippen LogP contribution >= 0.6 is 0 Å². The van der Waals surface area contributed by atoms with Gasteiger partial charge in [-0.1, -0.05) is 0 Å². The van der Waals surface area contributed by atoms with Gasteiger partial charge in [0.05, 0.1) is 11.3 Å². The molecule has 1 saturated heterocycles. The molecule has 1 aliphatic heterocycles. The van der Waals surface area contributed by atoms with E-state index in [4.69, 9.17) is 11.1 Å². The van der Waals surface area contributed by atoms with Gasteiger partial charge in [-0.2, -0.15) is 0 Å². The van der Waals surface area contributed by atoms with Crippen molar-refractivity contribution in [2.75, 3.05) is 32.0 Å². The van der Waals surface area contributed by atoms with Gasteiger partial charge in [0.2, 0.25) is 0 Å². The van der Waals surface area contributed by atoms with E-state index in [0.717, 1.165) is 19.6 Å². The van der Waals surface area contributed by atoms with Crippen molar-refractivity contribution in [1.82, 2.24) is 9.88 Å². The fraction of sp³-hybridized carbons (Fsp3) is 0.533. The number of nitrogens with one attached hydrogen (secondary N) is 2. The molecule has 0 aromatic carbocycles. The van der Waals surface area contributed by atoms with Crippen LogP contribution in [0.1, 0.15) is 41.4 Å². The fourth-order valence-corrected chi connectivity index (χ4v) is 2.70. The predicted octanol–water partition coefficient (Wildman–Crippen LogP) is 1.25. The molecule has 114 valence electrons. The maximum absolute atomic E-state index is 11.7. The van der Waals surface area contributed by atoms with Gasteiger partial charge in [-0.15, -0.1) is 0 Å². The highest BCUT2D eigenvalue weighted by atomic mass is 16.1. The van der Waals surface area contributed by atoms with Crippen molar-refractivity contribution in [1.29, 1.82) is 5.41 Å². The van der Waals surface area contributed by atoms with Gasteiger partial charge in [-0.25, -0.2) is 4.98 Å². The standard InChI is InChI=1S/C15H23N5O/c1-10(16)11-9-12(14(17)21)13(19-15(11)18-2)5-8-20-6-3-4-7-20/h9,16H,3-8H2,1-2H3,(H2,17,21)(H,18,19). The van der Waals surface area contributed by atoms with Crippen molar-refractivity contribution >= 4 is 17.4 Å². The second-order valence-corrected chi connectivity index (χ2v) is 5.42. The van der Waals surface area contributed by atoms with Crippen LogP contribution in [0.15, 0.2) is 6.07 Å². The van der Waals surface area contributed by atoms with Gasteiger partial charge >= 0.3 is 0 Å². The summed E-state index contributed by atoms with van der Waals surface area (Å²) in [6.07, 6.45) is 3.18. The molecule has 0 unspecified atom stereocenters. The molecule has 0 aliphatic carbocycles. The lowest BCUT2D eigenvalue weighted by Gasteiger charge is -2.17. The summed E-state index contributed by atoms with van der Waals surface area (Å²) >= 11 is 0. The van der Waals surface area contributed by atoms with Crippen molar-refractivity contribution in [3.05, 3.63) is 22.9 Å². The Hall–Kier alpha value is -1.95. The van der Waals surface area contributed by atoms with Gasteiger partial charge < -0.3 is 21.4 Å². The average molecular weight is 289 g/mol. The van der Waals surface area contributed by atoms with Gasteiger partial charge in [-0.3, -0.25) is 4.79 Å². The van der Waals surface area contributed by atoms with Gasteiger partial charge in [0.15, 0.2) is 0 Å². The maximum atomic E-state index is 11.7. The van der Waals surface area contributed by atoms with E-state index in [0.29, 0.717) is 34.8 Å². The summed E-state index contributed by atoms with van der Waals surface area (Å²) in [5, 5.41) is 10.8. The number of aromatic nitrogens is 1. The number of rotatable bonds is 6. The second kappa shape index (κ2) is 6.67. The molecule has 21 heavy (non-hydrogen) atoms. The van der Waals surface area contributed by atoms with E-state index in [1.165, 1.54) is 12.8 Å². The highest BCUT2D eigenvalue weighted by Crippen LogP contribution is 2.19. The van der Waals surface area contributed by atoms with Crippen LogP contribution in [-0.2, 0) is 6.42 Å². The van der Waals surface area contributed by atoms with E-state index >= 15 is 0 Å². The SMILES string of the molecule is CNc1nc(CCN2CCCC2)c(C(N)=O)cc1C(C)=N. The highest BCUT2D eigenvalue weighted by molar-refractivity contribution is 6.03.